The zero-order chi connectivity index (χ0) is 21.7. The smallest absolute Gasteiger partial charge is 0.265 e. The zero-order valence-corrected chi connectivity index (χ0v) is 18.9. The van der Waals surface area contributed by atoms with Crippen LogP contribution < -0.4 is 15.4 Å². The molecule has 154 valence electrons. The first-order valence-corrected chi connectivity index (χ1v) is 10.5. The van der Waals surface area contributed by atoms with Crippen LogP contribution in [0.3, 0.4) is 0 Å². The van der Waals surface area contributed by atoms with Crippen molar-refractivity contribution in [1.82, 2.24) is 0 Å². The molecule has 0 bridgehead atoms. The number of rotatable bonds is 6. The third-order valence-corrected chi connectivity index (χ3v) is 5.13. The summed E-state index contributed by atoms with van der Waals surface area (Å²) in [4.78, 5) is 25.0. The van der Waals surface area contributed by atoms with Crippen molar-refractivity contribution >= 4 is 62.3 Å². The highest BCUT2D eigenvalue weighted by atomic mass is 79.9. The Hall–Kier alpha value is -2.54. The van der Waals surface area contributed by atoms with Gasteiger partial charge in [0.1, 0.15) is 5.75 Å². The number of carbonyl (C=O) groups is 2. The van der Waals surface area contributed by atoms with Crippen LogP contribution in [-0.4, -0.2) is 17.9 Å². The predicted molar refractivity (Wildman–Crippen MR) is 124 cm³/mol. The number of hydrogen-bond acceptors (Lipinski definition) is 3. The summed E-state index contributed by atoms with van der Waals surface area (Å²) in [5.74, 6) is -0.177. The molecule has 1 unspecified atom stereocenters. The third-order valence-electron chi connectivity index (χ3n) is 4.04. The van der Waals surface area contributed by atoms with E-state index in [1.807, 2.05) is 0 Å². The molecular weight excluding hydrogens is 491 g/mol. The molecular formula is C22H17BrCl2N2O3. The van der Waals surface area contributed by atoms with Crippen LogP contribution >= 0.6 is 39.1 Å². The van der Waals surface area contributed by atoms with Crippen molar-refractivity contribution in [3.8, 4) is 5.75 Å². The highest BCUT2D eigenvalue weighted by Gasteiger charge is 2.17. The van der Waals surface area contributed by atoms with Gasteiger partial charge < -0.3 is 15.4 Å². The number of carbonyl (C=O) groups excluding carboxylic acids is 2. The Morgan fingerprint density at radius 3 is 2.27 bits per heavy atom. The minimum absolute atomic E-state index is 0.317. The summed E-state index contributed by atoms with van der Waals surface area (Å²) in [6.45, 7) is 1.63. The van der Waals surface area contributed by atoms with E-state index in [9.17, 15) is 9.59 Å². The molecule has 3 aromatic rings. The quantitative estimate of drug-likeness (QED) is 0.404. The zero-order valence-electron chi connectivity index (χ0n) is 15.8. The topological polar surface area (TPSA) is 67.4 Å². The van der Waals surface area contributed by atoms with Crippen molar-refractivity contribution in [3.63, 3.8) is 0 Å². The van der Waals surface area contributed by atoms with E-state index in [1.165, 1.54) is 0 Å². The Kier molecular flexibility index (Phi) is 7.37. The standard InChI is InChI=1S/C22H17BrCl2N2O3/c1-13(30-20-9-8-16(25)12-19(20)23)21(28)26-17-6-2-4-14(10-17)22(29)27-18-7-3-5-15(24)11-18/h2-13H,1H3,(H,26,28)(H,27,29). The summed E-state index contributed by atoms with van der Waals surface area (Å²) in [6, 6.07) is 18.5. The van der Waals surface area contributed by atoms with E-state index in [0.717, 1.165) is 0 Å². The lowest BCUT2D eigenvalue weighted by Gasteiger charge is -2.16. The summed E-state index contributed by atoms with van der Waals surface area (Å²) in [7, 11) is 0. The van der Waals surface area contributed by atoms with Gasteiger partial charge in [-0.1, -0.05) is 35.3 Å². The van der Waals surface area contributed by atoms with Gasteiger partial charge in [0.05, 0.1) is 4.47 Å². The van der Waals surface area contributed by atoms with E-state index < -0.39 is 6.10 Å². The van der Waals surface area contributed by atoms with Crippen molar-refractivity contribution < 1.29 is 14.3 Å². The van der Waals surface area contributed by atoms with Gasteiger partial charge in [-0.15, -0.1) is 0 Å². The number of halogens is 3. The fourth-order valence-electron chi connectivity index (χ4n) is 2.57. The van der Waals surface area contributed by atoms with Crippen LogP contribution in [0.5, 0.6) is 5.75 Å². The fourth-order valence-corrected chi connectivity index (χ4v) is 3.53. The normalized spacial score (nSPS) is 11.5. The van der Waals surface area contributed by atoms with Crippen molar-refractivity contribution in [1.29, 1.82) is 0 Å². The van der Waals surface area contributed by atoms with E-state index in [0.29, 0.717) is 37.2 Å². The van der Waals surface area contributed by atoms with Crippen LogP contribution in [0.2, 0.25) is 10.0 Å². The first-order valence-electron chi connectivity index (χ1n) is 8.91. The Bertz CT molecular complexity index is 1090. The third kappa shape index (κ3) is 5.98. The van der Waals surface area contributed by atoms with Crippen LogP contribution in [-0.2, 0) is 4.79 Å². The lowest BCUT2D eigenvalue weighted by molar-refractivity contribution is -0.122. The fraction of sp³-hybridized carbons (Fsp3) is 0.0909. The summed E-state index contributed by atoms with van der Waals surface area (Å²) in [6.07, 6.45) is -0.772. The van der Waals surface area contributed by atoms with Gasteiger partial charge >= 0.3 is 0 Å². The number of anilines is 2. The molecule has 3 rings (SSSR count). The average Bonchev–Trinajstić information content (AvgIpc) is 2.70. The SMILES string of the molecule is CC(Oc1ccc(Cl)cc1Br)C(=O)Nc1cccc(C(=O)Nc2cccc(Cl)c2)c1. The maximum absolute atomic E-state index is 12.5. The van der Waals surface area contributed by atoms with Crippen molar-refractivity contribution in [3.05, 3.63) is 86.8 Å². The van der Waals surface area contributed by atoms with E-state index in [2.05, 4.69) is 26.6 Å². The molecule has 0 aliphatic heterocycles. The molecule has 0 saturated carbocycles. The van der Waals surface area contributed by atoms with Crippen LogP contribution in [0.1, 0.15) is 17.3 Å². The van der Waals surface area contributed by atoms with Crippen molar-refractivity contribution in [2.75, 3.05) is 10.6 Å². The van der Waals surface area contributed by atoms with Gasteiger partial charge in [-0.3, -0.25) is 9.59 Å². The van der Waals surface area contributed by atoms with Crippen LogP contribution in [0.15, 0.2) is 71.2 Å². The summed E-state index contributed by atoms with van der Waals surface area (Å²) in [5.41, 5.74) is 1.45. The van der Waals surface area contributed by atoms with Crippen LogP contribution in [0.25, 0.3) is 0 Å². The molecule has 0 aromatic heterocycles. The largest absolute Gasteiger partial charge is 0.480 e. The second-order valence-electron chi connectivity index (χ2n) is 6.37. The Labute approximate surface area is 192 Å². The van der Waals surface area contributed by atoms with Gasteiger partial charge in [0.15, 0.2) is 6.10 Å². The molecule has 0 saturated heterocycles. The molecule has 0 radical (unpaired) electrons. The molecule has 2 amide bonds. The molecule has 0 heterocycles. The molecule has 0 spiro atoms. The first kappa shape index (κ1) is 22.2. The van der Waals surface area contributed by atoms with E-state index in [1.54, 1.807) is 73.7 Å². The Balaban J connectivity index is 1.65. The van der Waals surface area contributed by atoms with Gasteiger partial charge in [0, 0.05) is 27.0 Å². The van der Waals surface area contributed by atoms with Crippen molar-refractivity contribution in [2.24, 2.45) is 0 Å². The van der Waals surface area contributed by atoms with E-state index in [-0.39, 0.29) is 11.8 Å². The van der Waals surface area contributed by atoms with E-state index in [4.69, 9.17) is 27.9 Å². The number of ether oxygens (including phenoxy) is 1. The van der Waals surface area contributed by atoms with Crippen LogP contribution in [0.4, 0.5) is 11.4 Å². The molecule has 0 aliphatic carbocycles. The second kappa shape index (κ2) is 9.98. The Morgan fingerprint density at radius 2 is 1.57 bits per heavy atom. The molecule has 8 heteroatoms. The first-order chi connectivity index (χ1) is 14.3. The van der Waals surface area contributed by atoms with Crippen molar-refractivity contribution in [2.45, 2.75) is 13.0 Å². The number of nitrogens with one attached hydrogen (secondary N) is 2. The second-order valence-corrected chi connectivity index (χ2v) is 8.10. The summed E-state index contributed by atoms with van der Waals surface area (Å²) >= 11 is 15.2. The maximum Gasteiger partial charge on any atom is 0.265 e. The highest BCUT2D eigenvalue weighted by Crippen LogP contribution is 2.29. The molecule has 5 nitrogen and oxygen atoms in total. The molecule has 1 atom stereocenters. The Morgan fingerprint density at radius 1 is 0.900 bits per heavy atom. The molecule has 0 fully saturated rings. The van der Waals surface area contributed by atoms with Crippen LogP contribution in [0, 0.1) is 0 Å². The number of benzene rings is 3. The highest BCUT2D eigenvalue weighted by molar-refractivity contribution is 9.10. The molecule has 30 heavy (non-hydrogen) atoms. The van der Waals surface area contributed by atoms with E-state index >= 15 is 0 Å². The predicted octanol–water partition coefficient (Wildman–Crippen LogP) is 6.41. The van der Waals surface area contributed by atoms with Gasteiger partial charge in [0.2, 0.25) is 0 Å². The van der Waals surface area contributed by atoms with Gasteiger partial charge in [-0.25, -0.2) is 0 Å². The monoisotopic (exact) mass is 506 g/mol. The number of amides is 2. The maximum atomic E-state index is 12.5. The minimum atomic E-state index is -0.772. The molecule has 2 N–H and O–H groups in total. The summed E-state index contributed by atoms with van der Waals surface area (Å²) in [5, 5.41) is 6.60. The lowest BCUT2D eigenvalue weighted by Crippen LogP contribution is -2.30. The van der Waals surface area contributed by atoms with Gasteiger partial charge in [-0.2, -0.15) is 0 Å². The molecule has 3 aromatic carbocycles. The summed E-state index contributed by atoms with van der Waals surface area (Å²) < 4.78 is 6.34. The molecule has 0 aliphatic rings. The van der Waals surface area contributed by atoms with Gasteiger partial charge in [0.25, 0.3) is 11.8 Å². The minimum Gasteiger partial charge on any atom is -0.480 e. The number of hydrogen-bond donors (Lipinski definition) is 2. The lowest BCUT2D eigenvalue weighted by atomic mass is 10.1. The average molecular weight is 508 g/mol. The van der Waals surface area contributed by atoms with Gasteiger partial charge in [-0.05, 0) is 77.5 Å².